The highest BCUT2D eigenvalue weighted by Crippen LogP contribution is 2.24. The van der Waals surface area contributed by atoms with Crippen LogP contribution in [-0.4, -0.2) is 49.2 Å². The summed E-state index contributed by atoms with van der Waals surface area (Å²) in [5.74, 6) is 0. The van der Waals surface area contributed by atoms with Gasteiger partial charge in [-0.25, -0.2) is 8.42 Å². The van der Waals surface area contributed by atoms with Gasteiger partial charge in [-0.3, -0.25) is 0 Å². The molecule has 0 radical (unpaired) electrons. The van der Waals surface area contributed by atoms with Crippen molar-refractivity contribution in [2.75, 3.05) is 32.0 Å². The SMILES string of the molecule is Nc1csc(S(=O)(=O)N(CCO)CCO)c1. The zero-order valence-electron chi connectivity index (χ0n) is 8.54. The molecule has 16 heavy (non-hydrogen) atoms. The summed E-state index contributed by atoms with van der Waals surface area (Å²) in [5.41, 5.74) is 5.84. The van der Waals surface area contributed by atoms with E-state index in [1.165, 1.54) is 11.4 Å². The van der Waals surface area contributed by atoms with Gasteiger partial charge in [-0.2, -0.15) is 4.31 Å². The van der Waals surface area contributed by atoms with Crippen LogP contribution in [0.2, 0.25) is 0 Å². The van der Waals surface area contributed by atoms with Gasteiger partial charge in [-0.05, 0) is 6.07 Å². The number of thiophene rings is 1. The Hall–Kier alpha value is -0.670. The number of aliphatic hydroxyl groups excluding tert-OH is 2. The maximum Gasteiger partial charge on any atom is 0.252 e. The Bertz CT molecular complexity index is 423. The number of nitrogen functional groups attached to an aromatic ring is 1. The van der Waals surface area contributed by atoms with Crippen LogP contribution in [0.1, 0.15) is 0 Å². The van der Waals surface area contributed by atoms with Gasteiger partial charge in [0.1, 0.15) is 4.21 Å². The molecule has 0 aromatic carbocycles. The topological polar surface area (TPSA) is 104 Å². The van der Waals surface area contributed by atoms with Crippen molar-refractivity contribution in [1.29, 1.82) is 0 Å². The van der Waals surface area contributed by atoms with Crippen molar-refractivity contribution in [3.05, 3.63) is 11.4 Å². The van der Waals surface area contributed by atoms with Crippen LogP contribution >= 0.6 is 11.3 Å². The van der Waals surface area contributed by atoms with Crippen LogP contribution in [0.15, 0.2) is 15.7 Å². The first-order valence-corrected chi connectivity index (χ1v) is 6.90. The van der Waals surface area contributed by atoms with Gasteiger partial charge in [0, 0.05) is 24.2 Å². The molecule has 1 aromatic rings. The summed E-state index contributed by atoms with van der Waals surface area (Å²) in [7, 11) is -3.65. The molecule has 0 spiro atoms. The monoisotopic (exact) mass is 266 g/mol. The van der Waals surface area contributed by atoms with E-state index in [0.29, 0.717) is 5.69 Å². The largest absolute Gasteiger partial charge is 0.398 e. The fraction of sp³-hybridized carbons (Fsp3) is 0.500. The van der Waals surface area contributed by atoms with E-state index in [0.717, 1.165) is 15.6 Å². The molecule has 0 unspecified atom stereocenters. The third kappa shape index (κ3) is 2.92. The van der Waals surface area contributed by atoms with Gasteiger partial charge in [-0.15, -0.1) is 11.3 Å². The Morgan fingerprint density at radius 3 is 2.25 bits per heavy atom. The predicted molar refractivity (Wildman–Crippen MR) is 61.7 cm³/mol. The molecule has 92 valence electrons. The van der Waals surface area contributed by atoms with Crippen LogP contribution in [0.4, 0.5) is 5.69 Å². The fourth-order valence-electron chi connectivity index (χ4n) is 1.17. The summed E-state index contributed by atoms with van der Waals surface area (Å²) in [6.45, 7) is -0.665. The Morgan fingerprint density at radius 1 is 1.31 bits per heavy atom. The van der Waals surface area contributed by atoms with Gasteiger partial charge in [-0.1, -0.05) is 0 Å². The first kappa shape index (κ1) is 13.4. The first-order chi connectivity index (χ1) is 7.52. The third-order valence-electron chi connectivity index (χ3n) is 1.89. The van der Waals surface area contributed by atoms with E-state index >= 15 is 0 Å². The Balaban J connectivity index is 2.97. The predicted octanol–water partition coefficient (Wildman–Crippen LogP) is -0.694. The van der Waals surface area contributed by atoms with E-state index in [1.807, 2.05) is 0 Å². The van der Waals surface area contributed by atoms with Crippen LogP contribution < -0.4 is 5.73 Å². The van der Waals surface area contributed by atoms with Gasteiger partial charge in [0.05, 0.1) is 13.2 Å². The van der Waals surface area contributed by atoms with Crippen molar-refractivity contribution < 1.29 is 18.6 Å². The minimum atomic E-state index is -3.65. The second kappa shape index (κ2) is 5.60. The fourth-order valence-corrected chi connectivity index (χ4v) is 3.82. The summed E-state index contributed by atoms with van der Waals surface area (Å²) in [5, 5.41) is 19.1. The number of anilines is 1. The molecule has 1 rings (SSSR count). The van der Waals surface area contributed by atoms with E-state index < -0.39 is 10.0 Å². The molecule has 6 nitrogen and oxygen atoms in total. The van der Waals surface area contributed by atoms with Gasteiger partial charge < -0.3 is 15.9 Å². The molecule has 1 heterocycles. The molecule has 0 saturated heterocycles. The third-order valence-corrected chi connectivity index (χ3v) is 5.22. The van der Waals surface area contributed by atoms with Crippen molar-refractivity contribution in [3.63, 3.8) is 0 Å². The normalized spacial score (nSPS) is 12.2. The van der Waals surface area contributed by atoms with Gasteiger partial charge in [0.25, 0.3) is 10.0 Å². The maximum absolute atomic E-state index is 12.0. The molecule has 0 atom stereocenters. The van der Waals surface area contributed by atoms with Crippen molar-refractivity contribution >= 4 is 27.0 Å². The van der Waals surface area contributed by atoms with Gasteiger partial charge in [0.2, 0.25) is 0 Å². The Labute approximate surface area is 98.0 Å². The highest BCUT2D eigenvalue weighted by molar-refractivity contribution is 7.91. The second-order valence-electron chi connectivity index (χ2n) is 3.05. The van der Waals surface area contributed by atoms with E-state index in [4.69, 9.17) is 15.9 Å². The number of nitrogens with two attached hydrogens (primary N) is 1. The number of hydrogen-bond donors (Lipinski definition) is 3. The molecule has 1 aromatic heterocycles. The molecular formula is C8H14N2O4S2. The Morgan fingerprint density at radius 2 is 1.88 bits per heavy atom. The summed E-state index contributed by atoms with van der Waals surface area (Å²) < 4.78 is 25.1. The van der Waals surface area contributed by atoms with Crippen LogP contribution in [0.3, 0.4) is 0 Å². The molecule has 0 fully saturated rings. The zero-order chi connectivity index (χ0) is 12.2. The minimum absolute atomic E-state index is 0.0410. The standard InChI is InChI=1S/C8H14N2O4S2/c9-7-5-8(15-6-7)16(13,14)10(1-3-11)2-4-12/h5-6,11-12H,1-4,9H2. The highest BCUT2D eigenvalue weighted by atomic mass is 32.2. The molecule has 0 bridgehead atoms. The minimum Gasteiger partial charge on any atom is -0.398 e. The average molecular weight is 266 g/mol. The van der Waals surface area contributed by atoms with Crippen LogP contribution in [0, 0.1) is 0 Å². The van der Waals surface area contributed by atoms with E-state index in [2.05, 4.69) is 0 Å². The quantitative estimate of drug-likeness (QED) is 0.632. The number of rotatable bonds is 6. The van der Waals surface area contributed by atoms with Crippen LogP contribution in [-0.2, 0) is 10.0 Å². The average Bonchev–Trinajstić information content (AvgIpc) is 2.65. The van der Waals surface area contributed by atoms with Crippen molar-refractivity contribution in [2.24, 2.45) is 0 Å². The molecule has 8 heteroatoms. The molecule has 0 saturated carbocycles. The van der Waals surface area contributed by atoms with Gasteiger partial charge in [0.15, 0.2) is 0 Å². The summed E-state index contributed by atoms with van der Waals surface area (Å²) in [6, 6.07) is 1.36. The molecule has 0 aliphatic rings. The molecular weight excluding hydrogens is 252 g/mol. The van der Waals surface area contributed by atoms with Crippen molar-refractivity contribution in [3.8, 4) is 0 Å². The highest BCUT2D eigenvalue weighted by Gasteiger charge is 2.24. The van der Waals surface area contributed by atoms with Crippen molar-refractivity contribution in [1.82, 2.24) is 4.31 Å². The summed E-state index contributed by atoms with van der Waals surface area (Å²) in [6.07, 6.45) is 0. The van der Waals surface area contributed by atoms with Crippen LogP contribution in [0.25, 0.3) is 0 Å². The number of hydrogen-bond acceptors (Lipinski definition) is 6. The van der Waals surface area contributed by atoms with E-state index in [1.54, 1.807) is 0 Å². The van der Waals surface area contributed by atoms with Crippen LogP contribution in [0.5, 0.6) is 0 Å². The lowest BCUT2D eigenvalue weighted by Gasteiger charge is -2.18. The van der Waals surface area contributed by atoms with Crippen molar-refractivity contribution in [2.45, 2.75) is 4.21 Å². The molecule has 4 N–H and O–H groups in total. The smallest absolute Gasteiger partial charge is 0.252 e. The zero-order valence-corrected chi connectivity index (χ0v) is 10.2. The molecule has 0 amide bonds. The number of sulfonamides is 1. The number of aliphatic hydroxyl groups is 2. The molecule has 0 aliphatic heterocycles. The number of nitrogens with zero attached hydrogens (tertiary/aromatic N) is 1. The summed E-state index contributed by atoms with van der Waals surface area (Å²) >= 11 is 1.02. The molecule has 0 aliphatic carbocycles. The van der Waals surface area contributed by atoms with E-state index in [9.17, 15) is 8.42 Å². The lowest BCUT2D eigenvalue weighted by molar-refractivity contribution is 0.217. The van der Waals surface area contributed by atoms with Gasteiger partial charge >= 0.3 is 0 Å². The summed E-state index contributed by atoms with van der Waals surface area (Å²) in [4.78, 5) is 0. The lowest BCUT2D eigenvalue weighted by Crippen LogP contribution is -2.35. The Kier molecular flexibility index (Phi) is 4.69. The van der Waals surface area contributed by atoms with E-state index in [-0.39, 0.29) is 30.5 Å². The lowest BCUT2D eigenvalue weighted by atomic mass is 10.6. The maximum atomic E-state index is 12.0. The first-order valence-electron chi connectivity index (χ1n) is 4.58. The second-order valence-corrected chi connectivity index (χ2v) is 6.13.